The number of nitrogens with one attached hydrogen (secondary N) is 1. The molecule has 0 atom stereocenters. The second kappa shape index (κ2) is 9.44. The second-order valence-corrected chi connectivity index (χ2v) is 7.97. The molecule has 0 bridgehead atoms. The van der Waals surface area contributed by atoms with Crippen LogP contribution in [-0.2, 0) is 6.54 Å². The molecular weight excluding hydrogens is 439 g/mol. The maximum atomic E-state index is 13.3. The number of carbonyl (C=O) groups excluding carboxylic acids is 1. The third-order valence-corrected chi connectivity index (χ3v) is 5.84. The minimum absolute atomic E-state index is 0.104. The van der Waals surface area contributed by atoms with Crippen LogP contribution in [0, 0.1) is 5.82 Å². The number of aromatic amines is 1. The van der Waals surface area contributed by atoms with E-state index in [4.69, 9.17) is 9.26 Å². The predicted molar refractivity (Wildman–Crippen MR) is 121 cm³/mol. The van der Waals surface area contributed by atoms with Crippen molar-refractivity contribution in [3.8, 4) is 28.4 Å². The SMILES string of the molecule is COc1ccc(-c2noc(CN3CCN(C(=O)c4cn[nH]c4-c4ccc(F)cc4)CC3)n2)cc1. The zero-order valence-electron chi connectivity index (χ0n) is 18.6. The molecule has 0 saturated carbocycles. The van der Waals surface area contributed by atoms with E-state index in [1.165, 1.54) is 18.3 Å². The van der Waals surface area contributed by atoms with Crippen LogP contribution in [0.25, 0.3) is 22.6 Å². The number of ether oxygens (including phenoxy) is 1. The minimum Gasteiger partial charge on any atom is -0.497 e. The number of hydrogen-bond acceptors (Lipinski definition) is 7. The van der Waals surface area contributed by atoms with Crippen LogP contribution >= 0.6 is 0 Å². The number of halogens is 1. The van der Waals surface area contributed by atoms with E-state index in [9.17, 15) is 9.18 Å². The molecule has 2 aromatic carbocycles. The first-order valence-corrected chi connectivity index (χ1v) is 10.9. The van der Waals surface area contributed by atoms with Gasteiger partial charge in [-0.1, -0.05) is 5.16 Å². The van der Waals surface area contributed by atoms with Crippen LogP contribution < -0.4 is 4.74 Å². The van der Waals surface area contributed by atoms with Crippen molar-refractivity contribution in [3.63, 3.8) is 0 Å². The van der Waals surface area contributed by atoms with Crippen LogP contribution in [0.4, 0.5) is 4.39 Å². The summed E-state index contributed by atoms with van der Waals surface area (Å²) in [6.07, 6.45) is 1.52. The summed E-state index contributed by atoms with van der Waals surface area (Å²) < 4.78 is 23.9. The summed E-state index contributed by atoms with van der Waals surface area (Å²) in [5.41, 5.74) is 2.62. The Bertz CT molecular complexity index is 1260. The van der Waals surface area contributed by atoms with Gasteiger partial charge in [0.15, 0.2) is 0 Å². The number of amides is 1. The lowest BCUT2D eigenvalue weighted by Gasteiger charge is -2.33. The van der Waals surface area contributed by atoms with Gasteiger partial charge in [-0.05, 0) is 48.5 Å². The molecule has 1 saturated heterocycles. The van der Waals surface area contributed by atoms with Crippen LogP contribution in [0.1, 0.15) is 16.2 Å². The van der Waals surface area contributed by atoms with E-state index in [1.807, 2.05) is 24.3 Å². The van der Waals surface area contributed by atoms with Crippen molar-refractivity contribution in [3.05, 3.63) is 72.0 Å². The first-order valence-electron chi connectivity index (χ1n) is 10.9. The summed E-state index contributed by atoms with van der Waals surface area (Å²) in [4.78, 5) is 21.6. The molecule has 3 heterocycles. The van der Waals surface area contributed by atoms with Gasteiger partial charge in [-0.2, -0.15) is 10.1 Å². The summed E-state index contributed by atoms with van der Waals surface area (Å²) >= 11 is 0. The van der Waals surface area contributed by atoms with Gasteiger partial charge in [0.25, 0.3) is 5.91 Å². The molecule has 1 N–H and O–H groups in total. The van der Waals surface area contributed by atoms with Crippen LogP contribution in [0.2, 0.25) is 0 Å². The maximum absolute atomic E-state index is 13.3. The summed E-state index contributed by atoms with van der Waals surface area (Å²) in [7, 11) is 1.62. The van der Waals surface area contributed by atoms with Gasteiger partial charge in [0, 0.05) is 37.3 Å². The highest BCUT2D eigenvalue weighted by Gasteiger charge is 2.26. The van der Waals surface area contributed by atoms with Crippen LogP contribution in [0.3, 0.4) is 0 Å². The van der Waals surface area contributed by atoms with Crippen molar-refractivity contribution in [1.29, 1.82) is 0 Å². The summed E-state index contributed by atoms with van der Waals surface area (Å²) in [6.45, 7) is 2.99. The molecule has 174 valence electrons. The van der Waals surface area contributed by atoms with Gasteiger partial charge >= 0.3 is 0 Å². The topological polar surface area (TPSA) is 100 Å². The average molecular weight is 462 g/mol. The molecule has 10 heteroatoms. The number of carbonyl (C=O) groups is 1. The van der Waals surface area contributed by atoms with E-state index in [1.54, 1.807) is 24.1 Å². The number of aromatic nitrogens is 4. The third kappa shape index (κ3) is 4.53. The van der Waals surface area contributed by atoms with Gasteiger partial charge in [-0.15, -0.1) is 0 Å². The molecule has 9 nitrogen and oxygen atoms in total. The second-order valence-electron chi connectivity index (χ2n) is 7.97. The molecule has 4 aromatic rings. The number of benzene rings is 2. The average Bonchev–Trinajstić information content (AvgIpc) is 3.55. The molecule has 2 aromatic heterocycles. The number of hydrogen-bond donors (Lipinski definition) is 1. The van der Waals surface area contributed by atoms with E-state index in [-0.39, 0.29) is 11.7 Å². The normalized spacial score (nSPS) is 14.4. The first kappa shape index (κ1) is 21.8. The van der Waals surface area contributed by atoms with E-state index in [0.717, 1.165) is 11.3 Å². The lowest BCUT2D eigenvalue weighted by Crippen LogP contribution is -2.48. The molecule has 1 aliphatic heterocycles. The number of methoxy groups -OCH3 is 1. The van der Waals surface area contributed by atoms with Crippen LogP contribution in [0.5, 0.6) is 5.75 Å². The molecular formula is C24H23FN6O3. The highest BCUT2D eigenvalue weighted by atomic mass is 19.1. The Morgan fingerprint density at radius 3 is 2.47 bits per heavy atom. The Morgan fingerprint density at radius 1 is 1.06 bits per heavy atom. The van der Waals surface area contributed by atoms with E-state index < -0.39 is 0 Å². The standard InChI is InChI=1S/C24H23FN6O3/c1-33-19-8-4-17(5-9-19)23-27-21(34-29-23)15-30-10-12-31(13-11-30)24(32)20-14-26-28-22(20)16-2-6-18(25)7-3-16/h2-9,14H,10-13,15H2,1H3,(H,26,28). The molecule has 0 spiro atoms. The summed E-state index contributed by atoms with van der Waals surface area (Å²) in [5, 5.41) is 11.0. The zero-order chi connectivity index (χ0) is 23.5. The Labute approximate surface area is 195 Å². The largest absolute Gasteiger partial charge is 0.497 e. The van der Waals surface area contributed by atoms with E-state index in [2.05, 4.69) is 25.2 Å². The van der Waals surface area contributed by atoms with Gasteiger partial charge in [-0.25, -0.2) is 4.39 Å². The van der Waals surface area contributed by atoms with Crippen molar-refractivity contribution >= 4 is 5.91 Å². The van der Waals surface area contributed by atoms with Gasteiger partial charge in [0.05, 0.1) is 31.1 Å². The lowest BCUT2D eigenvalue weighted by atomic mass is 10.1. The molecule has 5 rings (SSSR count). The number of H-pyrrole nitrogens is 1. The van der Waals surface area contributed by atoms with Crippen molar-refractivity contribution < 1.29 is 18.4 Å². The van der Waals surface area contributed by atoms with Crippen molar-refractivity contribution in [1.82, 2.24) is 30.1 Å². The Kier molecular flexibility index (Phi) is 6.05. The fraction of sp³-hybridized carbons (Fsp3) is 0.250. The molecule has 0 aliphatic carbocycles. The van der Waals surface area contributed by atoms with Crippen LogP contribution in [-0.4, -0.2) is 69.3 Å². The van der Waals surface area contributed by atoms with E-state index >= 15 is 0 Å². The molecule has 0 radical (unpaired) electrons. The summed E-state index contributed by atoms with van der Waals surface area (Å²) in [6, 6.07) is 13.4. The van der Waals surface area contributed by atoms with Gasteiger partial charge in [0.2, 0.25) is 11.7 Å². The third-order valence-electron chi connectivity index (χ3n) is 5.84. The Morgan fingerprint density at radius 2 is 1.76 bits per heavy atom. The monoisotopic (exact) mass is 462 g/mol. The minimum atomic E-state index is -0.329. The quantitative estimate of drug-likeness (QED) is 0.470. The molecule has 34 heavy (non-hydrogen) atoms. The number of nitrogens with zero attached hydrogens (tertiary/aromatic N) is 5. The van der Waals surface area contributed by atoms with Gasteiger partial charge in [0.1, 0.15) is 11.6 Å². The fourth-order valence-electron chi connectivity index (χ4n) is 3.93. The Balaban J connectivity index is 1.19. The van der Waals surface area contributed by atoms with Crippen molar-refractivity contribution in [2.75, 3.05) is 33.3 Å². The molecule has 1 amide bonds. The highest BCUT2D eigenvalue weighted by molar-refractivity contribution is 5.99. The van der Waals surface area contributed by atoms with Gasteiger partial charge < -0.3 is 14.2 Å². The number of rotatable bonds is 6. The highest BCUT2D eigenvalue weighted by Crippen LogP contribution is 2.24. The lowest BCUT2D eigenvalue weighted by molar-refractivity contribution is 0.0616. The van der Waals surface area contributed by atoms with Crippen molar-refractivity contribution in [2.45, 2.75) is 6.54 Å². The molecule has 1 fully saturated rings. The zero-order valence-corrected chi connectivity index (χ0v) is 18.6. The first-order chi connectivity index (χ1) is 16.6. The maximum Gasteiger partial charge on any atom is 0.257 e. The fourth-order valence-corrected chi connectivity index (χ4v) is 3.93. The Hall–Kier alpha value is -4.05. The predicted octanol–water partition coefficient (Wildman–Crippen LogP) is 3.23. The smallest absolute Gasteiger partial charge is 0.257 e. The summed E-state index contributed by atoms with van der Waals surface area (Å²) in [5.74, 6) is 1.39. The van der Waals surface area contributed by atoms with E-state index in [0.29, 0.717) is 61.3 Å². The van der Waals surface area contributed by atoms with Crippen LogP contribution in [0.15, 0.2) is 59.3 Å². The molecule has 1 aliphatic rings. The van der Waals surface area contributed by atoms with Crippen molar-refractivity contribution in [2.24, 2.45) is 0 Å². The molecule has 0 unspecified atom stereocenters. The number of piperazine rings is 1. The van der Waals surface area contributed by atoms with Gasteiger partial charge in [-0.3, -0.25) is 14.8 Å².